The Hall–Kier alpha value is -2.46. The van der Waals surface area contributed by atoms with Gasteiger partial charge in [0, 0.05) is 12.0 Å². The van der Waals surface area contributed by atoms with Gasteiger partial charge in [0.25, 0.3) is 0 Å². The van der Waals surface area contributed by atoms with E-state index in [4.69, 9.17) is 9.47 Å². The molecular weight excluding hydrogens is 308 g/mol. The predicted octanol–water partition coefficient (Wildman–Crippen LogP) is 1.51. The average Bonchev–Trinajstić information content (AvgIpc) is 2.58. The van der Waals surface area contributed by atoms with E-state index in [1.165, 1.54) is 0 Å². The third kappa shape index (κ3) is 2.85. The summed E-state index contributed by atoms with van der Waals surface area (Å²) in [4.78, 5) is 23.0. The van der Waals surface area contributed by atoms with Crippen molar-refractivity contribution in [3.63, 3.8) is 0 Å². The molecule has 2 heterocycles. The number of carbonyl (C=O) groups is 1. The summed E-state index contributed by atoms with van der Waals surface area (Å²) in [6, 6.07) is 2.02. The standard InChI is InChI=1S/C17H20N4O3/c1-16(2)10-17(6-12(7-18)15(16)22)11-21(4-5-24-17)13-8-20-14(23-3)9-19-13/h6,8-9H,4-5,10-11H2,1-3H3. The van der Waals surface area contributed by atoms with E-state index in [1.54, 1.807) is 25.6 Å². The zero-order valence-corrected chi connectivity index (χ0v) is 14.1. The first kappa shape index (κ1) is 16.4. The van der Waals surface area contributed by atoms with Crippen molar-refractivity contribution in [2.45, 2.75) is 25.9 Å². The van der Waals surface area contributed by atoms with Gasteiger partial charge in [0.05, 0.1) is 38.2 Å². The van der Waals surface area contributed by atoms with E-state index in [2.05, 4.69) is 14.9 Å². The molecule has 1 spiro atoms. The lowest BCUT2D eigenvalue weighted by Crippen LogP contribution is -2.56. The first-order valence-corrected chi connectivity index (χ1v) is 7.82. The van der Waals surface area contributed by atoms with Crippen LogP contribution < -0.4 is 9.64 Å². The normalized spacial score (nSPS) is 26.0. The minimum atomic E-state index is -0.664. The number of carbonyl (C=O) groups excluding carboxylic acids is 1. The van der Waals surface area contributed by atoms with E-state index in [1.807, 2.05) is 19.9 Å². The topological polar surface area (TPSA) is 88.3 Å². The molecular formula is C17H20N4O3. The van der Waals surface area contributed by atoms with E-state index in [0.29, 0.717) is 32.0 Å². The van der Waals surface area contributed by atoms with Crippen LogP contribution in [-0.2, 0) is 9.53 Å². The molecule has 1 aromatic heterocycles. The maximum absolute atomic E-state index is 12.3. The fraction of sp³-hybridized carbons (Fsp3) is 0.529. The number of hydrogen-bond donors (Lipinski definition) is 0. The number of nitriles is 1. The fourth-order valence-corrected chi connectivity index (χ4v) is 3.43. The van der Waals surface area contributed by atoms with Gasteiger partial charge in [-0.3, -0.25) is 4.79 Å². The summed E-state index contributed by atoms with van der Waals surface area (Å²) >= 11 is 0. The molecule has 1 unspecified atom stereocenters. The summed E-state index contributed by atoms with van der Waals surface area (Å²) in [6.45, 7) is 5.41. The van der Waals surface area contributed by atoms with Gasteiger partial charge in [-0.25, -0.2) is 9.97 Å². The highest BCUT2D eigenvalue weighted by atomic mass is 16.5. The van der Waals surface area contributed by atoms with Crippen molar-refractivity contribution in [2.24, 2.45) is 5.41 Å². The van der Waals surface area contributed by atoms with Crippen molar-refractivity contribution < 1.29 is 14.3 Å². The number of Topliss-reactive ketones (excluding diaryl/α,β-unsaturated/α-hetero) is 1. The smallest absolute Gasteiger partial charge is 0.232 e. The Labute approximate surface area is 140 Å². The molecule has 0 amide bonds. The highest BCUT2D eigenvalue weighted by Crippen LogP contribution is 2.41. The van der Waals surface area contributed by atoms with Crippen LogP contribution in [0, 0.1) is 16.7 Å². The molecule has 7 nitrogen and oxygen atoms in total. The van der Waals surface area contributed by atoms with Crippen LogP contribution in [0.1, 0.15) is 20.3 Å². The SMILES string of the molecule is COc1cnc(N2CCOC3(C=C(C#N)C(=O)C(C)(C)C3)C2)cn1. The largest absolute Gasteiger partial charge is 0.480 e. The summed E-state index contributed by atoms with van der Waals surface area (Å²) in [7, 11) is 1.54. The third-order valence-electron chi connectivity index (χ3n) is 4.49. The second-order valence-electron chi connectivity index (χ2n) is 6.81. The van der Waals surface area contributed by atoms with Gasteiger partial charge in [0.15, 0.2) is 5.78 Å². The van der Waals surface area contributed by atoms with Gasteiger partial charge in [-0.1, -0.05) is 13.8 Å². The summed E-state index contributed by atoms with van der Waals surface area (Å²) in [6.07, 6.45) is 5.45. The van der Waals surface area contributed by atoms with Crippen molar-refractivity contribution in [2.75, 3.05) is 31.7 Å². The molecule has 126 valence electrons. The molecule has 1 aliphatic carbocycles. The lowest BCUT2D eigenvalue weighted by molar-refractivity contribution is -0.130. The maximum Gasteiger partial charge on any atom is 0.232 e. The number of hydrogen-bond acceptors (Lipinski definition) is 7. The second-order valence-corrected chi connectivity index (χ2v) is 6.81. The molecule has 0 radical (unpaired) electrons. The Morgan fingerprint density at radius 1 is 1.38 bits per heavy atom. The first-order chi connectivity index (χ1) is 11.4. The van der Waals surface area contributed by atoms with Crippen LogP contribution in [0.5, 0.6) is 5.88 Å². The third-order valence-corrected chi connectivity index (χ3v) is 4.49. The fourth-order valence-electron chi connectivity index (χ4n) is 3.43. The molecule has 24 heavy (non-hydrogen) atoms. The van der Waals surface area contributed by atoms with Gasteiger partial charge in [-0.15, -0.1) is 0 Å². The molecule has 2 aliphatic rings. The van der Waals surface area contributed by atoms with E-state index in [-0.39, 0.29) is 11.4 Å². The second kappa shape index (κ2) is 5.87. The van der Waals surface area contributed by atoms with E-state index >= 15 is 0 Å². The molecule has 1 aliphatic heterocycles. The Morgan fingerprint density at radius 2 is 2.17 bits per heavy atom. The van der Waals surface area contributed by atoms with Gasteiger partial charge < -0.3 is 14.4 Å². The molecule has 0 bridgehead atoms. The molecule has 7 heteroatoms. The molecule has 1 fully saturated rings. The summed E-state index contributed by atoms with van der Waals surface area (Å²) < 4.78 is 11.1. The van der Waals surface area contributed by atoms with Crippen LogP contribution in [0.15, 0.2) is 24.0 Å². The number of morpholine rings is 1. The molecule has 3 rings (SSSR count). The van der Waals surface area contributed by atoms with Gasteiger partial charge in [0.2, 0.25) is 5.88 Å². The van der Waals surface area contributed by atoms with Crippen molar-refractivity contribution in [1.82, 2.24) is 9.97 Å². The number of allylic oxidation sites excluding steroid dienone is 1. The summed E-state index contributed by atoms with van der Waals surface area (Å²) in [5, 5.41) is 9.30. The van der Waals surface area contributed by atoms with Gasteiger partial charge in [-0.2, -0.15) is 5.26 Å². The minimum Gasteiger partial charge on any atom is -0.480 e. The van der Waals surface area contributed by atoms with Gasteiger partial charge in [-0.05, 0) is 12.5 Å². The molecule has 0 saturated carbocycles. The molecule has 1 saturated heterocycles. The predicted molar refractivity (Wildman–Crippen MR) is 86.6 cm³/mol. The number of aromatic nitrogens is 2. The van der Waals surface area contributed by atoms with Crippen molar-refractivity contribution >= 4 is 11.6 Å². The molecule has 0 aromatic carbocycles. The zero-order chi connectivity index (χ0) is 17.4. The minimum absolute atomic E-state index is 0.124. The molecule has 1 aromatic rings. The van der Waals surface area contributed by atoms with Crippen LogP contribution in [0.4, 0.5) is 5.82 Å². The Kier molecular flexibility index (Phi) is 4.01. The summed E-state index contributed by atoms with van der Waals surface area (Å²) in [5.74, 6) is 1.05. The lowest BCUT2D eigenvalue weighted by Gasteiger charge is -2.46. The van der Waals surface area contributed by atoms with E-state index < -0.39 is 11.0 Å². The number of anilines is 1. The van der Waals surface area contributed by atoms with E-state index in [9.17, 15) is 10.1 Å². The van der Waals surface area contributed by atoms with E-state index in [0.717, 1.165) is 5.82 Å². The highest BCUT2D eigenvalue weighted by molar-refractivity contribution is 6.04. The number of ether oxygens (including phenoxy) is 2. The van der Waals surface area contributed by atoms with Crippen molar-refractivity contribution in [3.05, 3.63) is 24.0 Å². The zero-order valence-electron chi connectivity index (χ0n) is 14.1. The molecule has 0 N–H and O–H groups in total. The van der Waals surface area contributed by atoms with Crippen molar-refractivity contribution in [1.29, 1.82) is 5.26 Å². The Balaban J connectivity index is 1.90. The van der Waals surface area contributed by atoms with Gasteiger partial charge in [0.1, 0.15) is 17.5 Å². The number of ketones is 1. The van der Waals surface area contributed by atoms with Crippen LogP contribution in [-0.4, -0.2) is 48.2 Å². The first-order valence-electron chi connectivity index (χ1n) is 7.82. The van der Waals surface area contributed by atoms with Crippen LogP contribution in [0.25, 0.3) is 0 Å². The van der Waals surface area contributed by atoms with Crippen LogP contribution in [0.2, 0.25) is 0 Å². The maximum atomic E-state index is 12.3. The lowest BCUT2D eigenvalue weighted by atomic mass is 9.69. The number of rotatable bonds is 2. The van der Waals surface area contributed by atoms with Crippen LogP contribution in [0.3, 0.4) is 0 Å². The quantitative estimate of drug-likeness (QED) is 0.813. The number of methoxy groups -OCH3 is 1. The molecule has 1 atom stereocenters. The monoisotopic (exact) mass is 328 g/mol. The Morgan fingerprint density at radius 3 is 2.79 bits per heavy atom. The van der Waals surface area contributed by atoms with Gasteiger partial charge >= 0.3 is 0 Å². The van der Waals surface area contributed by atoms with Crippen LogP contribution >= 0.6 is 0 Å². The van der Waals surface area contributed by atoms with Crippen molar-refractivity contribution in [3.8, 4) is 11.9 Å². The number of nitrogens with zero attached hydrogens (tertiary/aromatic N) is 4. The average molecular weight is 328 g/mol. The Bertz CT molecular complexity index is 720. The highest BCUT2D eigenvalue weighted by Gasteiger charge is 2.48. The summed E-state index contributed by atoms with van der Waals surface area (Å²) in [5.41, 5.74) is -1.12.